The molecule has 6 heteroatoms. The summed E-state index contributed by atoms with van der Waals surface area (Å²) in [5, 5.41) is 12.6. The van der Waals surface area contributed by atoms with Crippen LogP contribution in [0, 0.1) is 19.8 Å². The number of amides is 1. The number of fused-ring (bicyclic) bond motifs is 1. The number of hydrogen-bond donors (Lipinski definition) is 3. The molecule has 1 unspecified atom stereocenters. The number of pyridine rings is 1. The molecule has 108 valence electrons. The van der Waals surface area contributed by atoms with Gasteiger partial charge in [0.25, 0.3) is 5.91 Å². The van der Waals surface area contributed by atoms with Gasteiger partial charge in [-0.2, -0.15) is 0 Å². The zero-order valence-corrected chi connectivity index (χ0v) is 12.7. The lowest BCUT2D eigenvalue weighted by Crippen LogP contribution is -2.29. The van der Waals surface area contributed by atoms with Gasteiger partial charge in [-0.25, -0.2) is 0 Å². The minimum absolute atomic E-state index is 0.0280. The van der Waals surface area contributed by atoms with Crippen LogP contribution < -0.4 is 11.1 Å². The normalized spacial score (nSPS) is 12.6. The van der Waals surface area contributed by atoms with Crippen LogP contribution in [0.15, 0.2) is 6.07 Å². The molecule has 0 aliphatic rings. The van der Waals surface area contributed by atoms with E-state index in [-0.39, 0.29) is 18.4 Å². The molecule has 0 radical (unpaired) electrons. The molecule has 20 heavy (non-hydrogen) atoms. The second kappa shape index (κ2) is 5.76. The Hall–Kier alpha value is -1.66. The number of carbonyl (C=O) groups is 1. The number of hydrogen-bond acceptors (Lipinski definition) is 5. The fourth-order valence-corrected chi connectivity index (χ4v) is 3.25. The third-order valence-corrected chi connectivity index (χ3v) is 4.30. The summed E-state index contributed by atoms with van der Waals surface area (Å²) >= 11 is 1.38. The van der Waals surface area contributed by atoms with Gasteiger partial charge in [0.1, 0.15) is 4.88 Å². The van der Waals surface area contributed by atoms with Crippen molar-refractivity contribution in [2.75, 3.05) is 18.9 Å². The summed E-state index contributed by atoms with van der Waals surface area (Å²) < 4.78 is 0.979. The highest BCUT2D eigenvalue weighted by Crippen LogP contribution is 2.35. The summed E-state index contributed by atoms with van der Waals surface area (Å²) in [6.45, 7) is 6.16. The number of nitrogens with two attached hydrogens (primary N) is 1. The molecule has 0 saturated heterocycles. The third-order valence-electron chi connectivity index (χ3n) is 3.15. The van der Waals surface area contributed by atoms with E-state index in [0.29, 0.717) is 17.1 Å². The predicted octanol–water partition coefficient (Wildman–Crippen LogP) is 1.85. The Balaban J connectivity index is 2.33. The molecule has 2 aromatic heterocycles. The van der Waals surface area contributed by atoms with Crippen LogP contribution in [0.5, 0.6) is 0 Å². The van der Waals surface area contributed by atoms with Gasteiger partial charge in [0.15, 0.2) is 0 Å². The van der Waals surface area contributed by atoms with Gasteiger partial charge in [0, 0.05) is 34.6 Å². The summed E-state index contributed by atoms with van der Waals surface area (Å²) in [6, 6.07) is 1.94. The lowest BCUT2D eigenvalue weighted by molar-refractivity contribution is 0.0947. The van der Waals surface area contributed by atoms with Crippen molar-refractivity contribution in [3.05, 3.63) is 22.3 Å². The molecule has 0 saturated carbocycles. The molecule has 0 aliphatic heterocycles. The second-order valence-corrected chi connectivity index (χ2v) is 6.12. The molecule has 0 aromatic carbocycles. The zero-order chi connectivity index (χ0) is 14.9. The molecular formula is C14H19N3O2S. The van der Waals surface area contributed by atoms with Crippen LogP contribution in [-0.4, -0.2) is 29.1 Å². The largest absolute Gasteiger partial charge is 0.397 e. The van der Waals surface area contributed by atoms with Crippen LogP contribution in [0.25, 0.3) is 10.1 Å². The molecule has 2 heterocycles. The van der Waals surface area contributed by atoms with Crippen LogP contribution >= 0.6 is 11.3 Å². The van der Waals surface area contributed by atoms with Crippen molar-refractivity contribution in [1.29, 1.82) is 0 Å². The molecule has 2 rings (SSSR count). The van der Waals surface area contributed by atoms with Gasteiger partial charge >= 0.3 is 0 Å². The number of nitrogen functional groups attached to an aromatic ring is 1. The smallest absolute Gasteiger partial charge is 0.263 e. The molecule has 5 nitrogen and oxygen atoms in total. The van der Waals surface area contributed by atoms with Gasteiger partial charge in [-0.15, -0.1) is 11.3 Å². The highest BCUT2D eigenvalue weighted by molar-refractivity contribution is 7.21. The number of aromatic nitrogens is 1. The molecule has 0 spiro atoms. The van der Waals surface area contributed by atoms with E-state index >= 15 is 0 Å². The SMILES string of the molecule is Cc1cc2sc(C(=O)NCC(C)CO)c(N)c2c(C)n1. The van der Waals surface area contributed by atoms with Crippen LogP contribution in [0.4, 0.5) is 5.69 Å². The number of nitrogens with one attached hydrogen (secondary N) is 1. The molecule has 1 atom stereocenters. The number of thiophene rings is 1. The standard InChI is InChI=1S/C14H19N3O2S/c1-7(6-18)5-16-14(19)13-12(15)11-9(3)17-8(2)4-10(11)20-13/h4,7,18H,5-6,15H2,1-3H3,(H,16,19). The highest BCUT2D eigenvalue weighted by Gasteiger charge is 2.18. The van der Waals surface area contributed by atoms with Gasteiger partial charge in [0.05, 0.1) is 5.69 Å². The molecule has 4 N–H and O–H groups in total. The van der Waals surface area contributed by atoms with Crippen LogP contribution in [-0.2, 0) is 0 Å². The molecule has 0 bridgehead atoms. The first-order valence-corrected chi connectivity index (χ1v) is 7.31. The lowest BCUT2D eigenvalue weighted by atomic mass is 10.2. The molecule has 0 fully saturated rings. The van der Waals surface area contributed by atoms with Gasteiger partial charge in [-0.05, 0) is 25.8 Å². The van der Waals surface area contributed by atoms with E-state index in [9.17, 15) is 4.79 Å². The maximum absolute atomic E-state index is 12.2. The minimum Gasteiger partial charge on any atom is -0.397 e. The first-order chi connectivity index (χ1) is 9.43. The van der Waals surface area contributed by atoms with Crippen molar-refractivity contribution in [3.8, 4) is 0 Å². The van der Waals surface area contributed by atoms with E-state index in [0.717, 1.165) is 21.5 Å². The van der Waals surface area contributed by atoms with Crippen LogP contribution in [0.1, 0.15) is 28.0 Å². The number of rotatable bonds is 4. The van der Waals surface area contributed by atoms with Gasteiger partial charge in [-0.1, -0.05) is 6.92 Å². The number of aryl methyl sites for hydroxylation is 2. The number of aliphatic hydroxyl groups excluding tert-OH is 1. The van der Waals surface area contributed by atoms with Crippen molar-refractivity contribution in [3.63, 3.8) is 0 Å². The number of carbonyl (C=O) groups excluding carboxylic acids is 1. The quantitative estimate of drug-likeness (QED) is 0.802. The molecule has 2 aromatic rings. The minimum atomic E-state index is -0.193. The van der Waals surface area contributed by atoms with Crippen molar-refractivity contribution >= 4 is 33.0 Å². The average molecular weight is 293 g/mol. The van der Waals surface area contributed by atoms with E-state index in [2.05, 4.69) is 10.3 Å². The van der Waals surface area contributed by atoms with Gasteiger partial charge in [-0.3, -0.25) is 9.78 Å². The third kappa shape index (κ3) is 2.76. The summed E-state index contributed by atoms with van der Waals surface area (Å²) in [4.78, 5) is 17.1. The summed E-state index contributed by atoms with van der Waals surface area (Å²) in [7, 11) is 0. The summed E-state index contributed by atoms with van der Waals surface area (Å²) in [5.74, 6) is -0.166. The Morgan fingerprint density at radius 1 is 1.55 bits per heavy atom. The Morgan fingerprint density at radius 2 is 2.25 bits per heavy atom. The first kappa shape index (κ1) is 14.7. The van der Waals surface area contributed by atoms with E-state index in [1.54, 1.807) is 0 Å². The number of anilines is 1. The Labute approximate surface area is 121 Å². The molecule has 0 aliphatic carbocycles. The summed E-state index contributed by atoms with van der Waals surface area (Å²) in [5.41, 5.74) is 8.34. The molecular weight excluding hydrogens is 274 g/mol. The number of nitrogens with zero attached hydrogens (tertiary/aromatic N) is 1. The van der Waals surface area contributed by atoms with Crippen molar-refractivity contribution in [2.45, 2.75) is 20.8 Å². The van der Waals surface area contributed by atoms with Crippen LogP contribution in [0.3, 0.4) is 0 Å². The zero-order valence-electron chi connectivity index (χ0n) is 11.9. The van der Waals surface area contributed by atoms with Crippen molar-refractivity contribution < 1.29 is 9.90 Å². The van der Waals surface area contributed by atoms with E-state index in [4.69, 9.17) is 10.8 Å². The topological polar surface area (TPSA) is 88.2 Å². The van der Waals surface area contributed by atoms with E-state index < -0.39 is 0 Å². The van der Waals surface area contributed by atoms with Crippen molar-refractivity contribution in [2.24, 2.45) is 5.92 Å². The fraction of sp³-hybridized carbons (Fsp3) is 0.429. The van der Waals surface area contributed by atoms with Gasteiger partial charge in [0.2, 0.25) is 0 Å². The average Bonchev–Trinajstić information content (AvgIpc) is 2.72. The summed E-state index contributed by atoms with van der Waals surface area (Å²) in [6.07, 6.45) is 0. The van der Waals surface area contributed by atoms with Crippen LogP contribution in [0.2, 0.25) is 0 Å². The van der Waals surface area contributed by atoms with Crippen molar-refractivity contribution in [1.82, 2.24) is 10.3 Å². The van der Waals surface area contributed by atoms with Gasteiger partial charge < -0.3 is 16.2 Å². The van der Waals surface area contributed by atoms with E-state index in [1.807, 2.05) is 26.8 Å². The van der Waals surface area contributed by atoms with E-state index in [1.165, 1.54) is 11.3 Å². The Kier molecular flexibility index (Phi) is 4.25. The first-order valence-electron chi connectivity index (χ1n) is 6.49. The predicted molar refractivity (Wildman–Crippen MR) is 82.1 cm³/mol. The Bertz CT molecular complexity index is 651. The maximum atomic E-state index is 12.2. The number of aliphatic hydroxyl groups is 1. The highest BCUT2D eigenvalue weighted by atomic mass is 32.1. The second-order valence-electron chi connectivity index (χ2n) is 5.06. The molecule has 1 amide bonds. The maximum Gasteiger partial charge on any atom is 0.263 e. The Morgan fingerprint density at radius 3 is 2.90 bits per heavy atom. The monoisotopic (exact) mass is 293 g/mol. The fourth-order valence-electron chi connectivity index (χ4n) is 2.06. The lowest BCUT2D eigenvalue weighted by Gasteiger charge is -2.08.